The van der Waals surface area contributed by atoms with E-state index in [0.29, 0.717) is 6.10 Å². The van der Waals surface area contributed by atoms with Crippen molar-refractivity contribution in [2.75, 3.05) is 0 Å². The average Bonchev–Trinajstić information content (AvgIpc) is 2.07. The fraction of sp³-hybridized carbons (Fsp3) is 1.00. The Morgan fingerprint density at radius 3 is 2.89 bits per heavy atom. The molecule has 2 atom stereocenters. The second kappa shape index (κ2) is 1.70. The smallest absolute Gasteiger partial charge is 0.165 e. The van der Waals surface area contributed by atoms with Gasteiger partial charge in [-0.15, -0.1) is 0 Å². The van der Waals surface area contributed by atoms with Crippen LogP contribution in [0.1, 0.15) is 32.1 Å². The predicted octanol–water partition coefficient (Wildman–Crippen LogP) is 1.04. The zero-order valence-corrected chi connectivity index (χ0v) is 5.47. The lowest BCUT2D eigenvalue weighted by atomic mass is 10.1. The van der Waals surface area contributed by atoms with Crippen molar-refractivity contribution in [2.45, 2.75) is 44.0 Å². The van der Waals surface area contributed by atoms with Crippen molar-refractivity contribution in [1.82, 2.24) is 0 Å². The van der Waals surface area contributed by atoms with E-state index in [4.69, 9.17) is 4.74 Å². The Kier molecular flexibility index (Phi) is 1.08. The second-order valence-corrected chi connectivity index (χ2v) is 3.12. The molecule has 2 saturated heterocycles. The molecule has 2 aliphatic rings. The van der Waals surface area contributed by atoms with Crippen LogP contribution in [0.5, 0.6) is 0 Å². The zero-order chi connectivity index (χ0) is 6.32. The zero-order valence-electron chi connectivity index (χ0n) is 5.47. The third-order valence-corrected chi connectivity index (χ3v) is 2.34. The quantitative estimate of drug-likeness (QED) is 0.528. The van der Waals surface area contributed by atoms with Crippen molar-refractivity contribution in [1.29, 1.82) is 0 Å². The van der Waals surface area contributed by atoms with Crippen LogP contribution in [0.25, 0.3) is 0 Å². The largest absolute Gasteiger partial charge is 0.365 e. The van der Waals surface area contributed by atoms with E-state index in [1.807, 2.05) is 0 Å². The van der Waals surface area contributed by atoms with E-state index in [0.717, 1.165) is 32.1 Å². The molecule has 2 heteroatoms. The maximum absolute atomic E-state index is 9.50. The molecule has 2 fully saturated rings. The first kappa shape index (κ1) is 5.69. The highest BCUT2D eigenvalue weighted by molar-refractivity contribution is 4.84. The highest BCUT2D eigenvalue weighted by Crippen LogP contribution is 2.38. The van der Waals surface area contributed by atoms with Crippen molar-refractivity contribution in [2.24, 2.45) is 0 Å². The van der Waals surface area contributed by atoms with Gasteiger partial charge in [0.15, 0.2) is 5.79 Å². The summed E-state index contributed by atoms with van der Waals surface area (Å²) < 4.78 is 5.34. The van der Waals surface area contributed by atoms with Gasteiger partial charge in [0.05, 0.1) is 6.10 Å². The molecular weight excluding hydrogens is 116 g/mol. The van der Waals surface area contributed by atoms with E-state index >= 15 is 0 Å². The van der Waals surface area contributed by atoms with Gasteiger partial charge in [-0.1, -0.05) is 0 Å². The molecule has 2 rings (SSSR count). The molecule has 2 aliphatic heterocycles. The first-order valence-corrected chi connectivity index (χ1v) is 3.69. The molecule has 0 amide bonds. The molecule has 52 valence electrons. The van der Waals surface area contributed by atoms with E-state index in [1.54, 1.807) is 0 Å². The molecule has 0 radical (unpaired) electrons. The molecule has 0 saturated carbocycles. The Labute approximate surface area is 54.8 Å². The molecule has 0 aromatic heterocycles. The van der Waals surface area contributed by atoms with Crippen molar-refractivity contribution in [3.63, 3.8) is 0 Å². The molecule has 2 heterocycles. The molecule has 2 bridgehead atoms. The third-order valence-electron chi connectivity index (χ3n) is 2.34. The molecule has 0 spiro atoms. The molecule has 0 aromatic carbocycles. The van der Waals surface area contributed by atoms with E-state index < -0.39 is 5.79 Å². The highest BCUT2D eigenvalue weighted by atomic mass is 16.6. The molecule has 2 unspecified atom stereocenters. The monoisotopic (exact) mass is 128 g/mol. The summed E-state index contributed by atoms with van der Waals surface area (Å²) in [4.78, 5) is 0. The van der Waals surface area contributed by atoms with Gasteiger partial charge >= 0.3 is 0 Å². The Morgan fingerprint density at radius 2 is 2.22 bits per heavy atom. The third kappa shape index (κ3) is 0.864. The van der Waals surface area contributed by atoms with Crippen molar-refractivity contribution in [3.05, 3.63) is 0 Å². The van der Waals surface area contributed by atoms with Gasteiger partial charge in [-0.05, 0) is 19.3 Å². The fourth-order valence-corrected chi connectivity index (χ4v) is 1.81. The summed E-state index contributed by atoms with van der Waals surface area (Å²) >= 11 is 0. The maximum atomic E-state index is 9.50. The van der Waals surface area contributed by atoms with Crippen molar-refractivity contribution < 1.29 is 9.84 Å². The maximum Gasteiger partial charge on any atom is 0.165 e. The topological polar surface area (TPSA) is 29.5 Å². The van der Waals surface area contributed by atoms with E-state index in [1.165, 1.54) is 0 Å². The Morgan fingerprint density at radius 1 is 1.33 bits per heavy atom. The summed E-state index contributed by atoms with van der Waals surface area (Å²) in [5.74, 6) is -0.705. The van der Waals surface area contributed by atoms with E-state index in [-0.39, 0.29) is 0 Å². The van der Waals surface area contributed by atoms with Crippen LogP contribution in [-0.4, -0.2) is 17.0 Å². The standard InChI is InChI=1S/C7H12O2/c8-7-4-1-2-6(9-7)3-5-7/h6,8H,1-5H2. The molecule has 2 nitrogen and oxygen atoms in total. The number of fused-ring (bicyclic) bond motifs is 2. The molecular formula is C7H12O2. The summed E-state index contributed by atoms with van der Waals surface area (Å²) in [6, 6.07) is 0. The SMILES string of the molecule is OC12CCCC(CC1)O2. The van der Waals surface area contributed by atoms with Crippen LogP contribution in [-0.2, 0) is 4.74 Å². The summed E-state index contributed by atoms with van der Waals surface area (Å²) in [6.45, 7) is 0. The lowest BCUT2D eigenvalue weighted by molar-refractivity contribution is -0.214. The normalized spacial score (nSPS) is 49.7. The number of hydrogen-bond acceptors (Lipinski definition) is 2. The lowest BCUT2D eigenvalue weighted by Crippen LogP contribution is -2.31. The predicted molar refractivity (Wildman–Crippen MR) is 32.9 cm³/mol. The van der Waals surface area contributed by atoms with E-state index in [9.17, 15) is 5.11 Å². The minimum atomic E-state index is -0.705. The minimum absolute atomic E-state index is 0.378. The Hall–Kier alpha value is -0.0800. The van der Waals surface area contributed by atoms with Crippen LogP contribution in [0, 0.1) is 0 Å². The highest BCUT2D eigenvalue weighted by Gasteiger charge is 2.40. The van der Waals surface area contributed by atoms with Crippen molar-refractivity contribution >= 4 is 0 Å². The Balaban J connectivity index is 2.13. The van der Waals surface area contributed by atoms with Crippen LogP contribution in [0.15, 0.2) is 0 Å². The number of rotatable bonds is 0. The van der Waals surface area contributed by atoms with Gasteiger partial charge in [0.25, 0.3) is 0 Å². The summed E-state index contributed by atoms with van der Waals surface area (Å²) in [6.07, 6.45) is 5.45. The van der Waals surface area contributed by atoms with Crippen LogP contribution in [0.3, 0.4) is 0 Å². The van der Waals surface area contributed by atoms with Gasteiger partial charge < -0.3 is 9.84 Å². The summed E-state index contributed by atoms with van der Waals surface area (Å²) in [5, 5.41) is 9.50. The first-order valence-electron chi connectivity index (χ1n) is 3.69. The second-order valence-electron chi connectivity index (χ2n) is 3.12. The Bertz CT molecular complexity index is 120. The van der Waals surface area contributed by atoms with Gasteiger partial charge in [0.2, 0.25) is 0 Å². The van der Waals surface area contributed by atoms with Gasteiger partial charge in [0.1, 0.15) is 0 Å². The van der Waals surface area contributed by atoms with Crippen LogP contribution in [0.4, 0.5) is 0 Å². The number of ether oxygens (including phenoxy) is 1. The number of aliphatic hydroxyl groups is 1. The van der Waals surface area contributed by atoms with Crippen LogP contribution < -0.4 is 0 Å². The molecule has 9 heavy (non-hydrogen) atoms. The van der Waals surface area contributed by atoms with Gasteiger partial charge in [-0.2, -0.15) is 0 Å². The van der Waals surface area contributed by atoms with Crippen LogP contribution >= 0.6 is 0 Å². The van der Waals surface area contributed by atoms with Crippen LogP contribution in [0.2, 0.25) is 0 Å². The molecule has 0 aliphatic carbocycles. The minimum Gasteiger partial charge on any atom is -0.365 e. The van der Waals surface area contributed by atoms with Gasteiger partial charge in [-0.3, -0.25) is 0 Å². The van der Waals surface area contributed by atoms with Gasteiger partial charge in [0, 0.05) is 12.8 Å². The van der Waals surface area contributed by atoms with Gasteiger partial charge in [-0.25, -0.2) is 0 Å². The fourth-order valence-electron chi connectivity index (χ4n) is 1.81. The summed E-state index contributed by atoms with van der Waals surface area (Å²) in [5.41, 5.74) is 0. The lowest BCUT2D eigenvalue weighted by Gasteiger charge is -2.27. The molecule has 1 N–H and O–H groups in total. The van der Waals surface area contributed by atoms with Crippen molar-refractivity contribution in [3.8, 4) is 0 Å². The first-order chi connectivity index (χ1) is 4.29. The number of hydrogen-bond donors (Lipinski definition) is 1. The average molecular weight is 128 g/mol. The van der Waals surface area contributed by atoms with E-state index in [2.05, 4.69) is 0 Å². The molecule has 0 aromatic rings. The summed E-state index contributed by atoms with van der Waals surface area (Å²) in [7, 11) is 0.